The van der Waals surface area contributed by atoms with E-state index >= 15 is 0 Å². The van der Waals surface area contributed by atoms with Gasteiger partial charge in [-0.05, 0) is 71.6 Å². The highest BCUT2D eigenvalue weighted by atomic mass is 19.2. The summed E-state index contributed by atoms with van der Waals surface area (Å²) in [6.45, 7) is 9.04. The summed E-state index contributed by atoms with van der Waals surface area (Å²) in [5, 5.41) is 6.54. The predicted octanol–water partition coefficient (Wildman–Crippen LogP) is 5.74. The van der Waals surface area contributed by atoms with Crippen LogP contribution < -0.4 is 20.3 Å². The first kappa shape index (κ1) is 31.4. The van der Waals surface area contributed by atoms with E-state index in [1.54, 1.807) is 36.1 Å². The summed E-state index contributed by atoms with van der Waals surface area (Å²) in [6.07, 6.45) is 6.26. The molecule has 0 atom stereocenters. The van der Waals surface area contributed by atoms with E-state index in [0.29, 0.717) is 51.8 Å². The van der Waals surface area contributed by atoms with Crippen molar-refractivity contribution >= 4 is 40.0 Å². The van der Waals surface area contributed by atoms with E-state index in [-0.39, 0.29) is 18.0 Å². The van der Waals surface area contributed by atoms with Gasteiger partial charge in [0.15, 0.2) is 17.5 Å². The minimum absolute atomic E-state index is 0.196. The second-order valence-corrected chi connectivity index (χ2v) is 10.8. The van der Waals surface area contributed by atoms with Gasteiger partial charge in [-0.3, -0.25) is 4.79 Å². The van der Waals surface area contributed by atoms with Crippen LogP contribution in [-0.4, -0.2) is 70.7 Å². The molecule has 228 valence electrons. The number of nitrogens with one attached hydrogen (secondary N) is 2. The van der Waals surface area contributed by atoms with Crippen molar-refractivity contribution in [2.75, 3.05) is 49.8 Å². The smallest absolute Gasteiger partial charge is 0.247 e. The average molecular weight is 593 g/mol. The van der Waals surface area contributed by atoms with E-state index in [1.165, 1.54) is 6.08 Å². The van der Waals surface area contributed by atoms with Crippen molar-refractivity contribution in [2.45, 2.75) is 32.8 Å². The molecule has 4 rings (SSSR count). The lowest BCUT2D eigenvalue weighted by Crippen LogP contribution is -2.24. The van der Waals surface area contributed by atoms with Crippen molar-refractivity contribution in [3.63, 3.8) is 0 Å². The second kappa shape index (κ2) is 13.6. The molecule has 0 saturated carbocycles. The fourth-order valence-electron chi connectivity index (χ4n) is 4.61. The molecule has 0 aliphatic heterocycles. The highest BCUT2D eigenvalue weighted by Gasteiger charge is 2.20. The van der Waals surface area contributed by atoms with Gasteiger partial charge >= 0.3 is 0 Å². The zero-order valence-electron chi connectivity index (χ0n) is 25.4. The number of rotatable bonds is 13. The van der Waals surface area contributed by atoms with Crippen LogP contribution in [0.25, 0.3) is 22.2 Å². The van der Waals surface area contributed by atoms with Crippen molar-refractivity contribution in [3.05, 3.63) is 60.9 Å². The van der Waals surface area contributed by atoms with E-state index in [4.69, 9.17) is 9.72 Å². The number of nitrogens with zero attached hydrogens (tertiary/aromatic N) is 6. The Morgan fingerprint density at radius 1 is 1.09 bits per heavy atom. The summed E-state index contributed by atoms with van der Waals surface area (Å²) in [6, 6.07) is 5.74. The second-order valence-electron chi connectivity index (χ2n) is 10.8. The number of hydrogen-bond donors (Lipinski definition) is 2. The number of fused-ring (bicyclic) bond motifs is 1. The first-order valence-corrected chi connectivity index (χ1v) is 14.0. The molecule has 0 unspecified atom stereocenters. The number of carbonyl (C=O) groups is 1. The lowest BCUT2D eigenvalue weighted by molar-refractivity contribution is -0.111. The zero-order valence-corrected chi connectivity index (χ0v) is 25.4. The number of hydrogen-bond acceptors (Lipinski definition) is 8. The zero-order chi connectivity index (χ0) is 31.3. The lowest BCUT2D eigenvalue weighted by atomic mass is 10.1. The van der Waals surface area contributed by atoms with E-state index in [2.05, 4.69) is 32.1 Å². The van der Waals surface area contributed by atoms with Crippen molar-refractivity contribution in [3.8, 4) is 17.1 Å². The quantitative estimate of drug-likeness (QED) is 0.150. The van der Waals surface area contributed by atoms with Gasteiger partial charge in [0.25, 0.3) is 0 Å². The standard InChI is InChI=1S/C31H38F2N8O2/c1-8-28(42)35-25-17-26(30(43-19(2)3)38-29(25)40(6)14-10-9-13-39(4)5)37-31-34-12-11-24(36-31)21-18-41(7)27-16-23(33)22(32)15-20(21)27/h8,11-12,15-19H,1,9-10,13-14H2,2-7H3,(H,35,42)(H,34,36,37). The molecular weight excluding hydrogens is 554 g/mol. The monoisotopic (exact) mass is 592 g/mol. The van der Waals surface area contributed by atoms with Crippen LogP contribution in [0.2, 0.25) is 0 Å². The Bertz CT molecular complexity index is 1620. The molecule has 0 bridgehead atoms. The highest BCUT2D eigenvalue weighted by molar-refractivity contribution is 6.01. The summed E-state index contributed by atoms with van der Waals surface area (Å²) in [5.74, 6) is -1.17. The Balaban J connectivity index is 1.72. The Morgan fingerprint density at radius 2 is 1.81 bits per heavy atom. The number of carbonyl (C=O) groups excluding carboxylic acids is 1. The molecule has 1 aromatic carbocycles. The van der Waals surface area contributed by atoms with Gasteiger partial charge in [-0.2, -0.15) is 4.98 Å². The molecule has 43 heavy (non-hydrogen) atoms. The molecular formula is C31H38F2N8O2. The number of ether oxygens (including phenoxy) is 1. The van der Waals surface area contributed by atoms with Crippen LogP contribution in [0.1, 0.15) is 26.7 Å². The molecule has 12 heteroatoms. The fourth-order valence-corrected chi connectivity index (χ4v) is 4.61. The van der Waals surface area contributed by atoms with Gasteiger partial charge in [0.2, 0.25) is 17.7 Å². The van der Waals surface area contributed by atoms with E-state index in [9.17, 15) is 13.6 Å². The highest BCUT2D eigenvalue weighted by Crippen LogP contribution is 2.36. The van der Waals surface area contributed by atoms with E-state index in [1.807, 2.05) is 39.9 Å². The molecule has 0 radical (unpaired) electrons. The van der Waals surface area contributed by atoms with Crippen molar-refractivity contribution < 1.29 is 18.3 Å². The molecule has 0 spiro atoms. The Labute approximate surface area is 250 Å². The third kappa shape index (κ3) is 7.63. The topological polar surface area (TPSA) is 100 Å². The van der Waals surface area contributed by atoms with Gasteiger partial charge in [0, 0.05) is 50.0 Å². The molecule has 0 fully saturated rings. The summed E-state index contributed by atoms with van der Waals surface area (Å²) < 4.78 is 35.8. The Kier molecular flexibility index (Phi) is 9.92. The average Bonchev–Trinajstić information content (AvgIpc) is 3.27. The van der Waals surface area contributed by atoms with Crippen molar-refractivity contribution in [2.24, 2.45) is 7.05 Å². The van der Waals surface area contributed by atoms with Crippen LogP contribution in [0.15, 0.2) is 49.3 Å². The summed E-state index contributed by atoms with van der Waals surface area (Å²) in [4.78, 5) is 30.3. The first-order valence-electron chi connectivity index (χ1n) is 14.0. The Morgan fingerprint density at radius 3 is 2.51 bits per heavy atom. The molecule has 3 heterocycles. The molecule has 2 N–H and O–H groups in total. The number of amides is 1. The number of anilines is 4. The van der Waals surface area contributed by atoms with Gasteiger partial charge in [-0.1, -0.05) is 6.58 Å². The van der Waals surface area contributed by atoms with Crippen LogP contribution in [0, 0.1) is 11.6 Å². The maximum Gasteiger partial charge on any atom is 0.247 e. The normalized spacial score (nSPS) is 11.3. The molecule has 0 aliphatic carbocycles. The van der Waals surface area contributed by atoms with Crippen LogP contribution in [0.4, 0.5) is 31.9 Å². The number of halogens is 2. The summed E-state index contributed by atoms with van der Waals surface area (Å²) >= 11 is 0. The minimum atomic E-state index is -0.939. The lowest BCUT2D eigenvalue weighted by Gasteiger charge is -2.24. The molecule has 0 saturated heterocycles. The van der Waals surface area contributed by atoms with Gasteiger partial charge in [-0.15, -0.1) is 0 Å². The largest absolute Gasteiger partial charge is 0.473 e. The maximum atomic E-state index is 14.1. The van der Waals surface area contributed by atoms with Gasteiger partial charge in [-0.25, -0.2) is 18.7 Å². The van der Waals surface area contributed by atoms with Crippen molar-refractivity contribution in [1.82, 2.24) is 24.4 Å². The summed E-state index contributed by atoms with van der Waals surface area (Å²) in [7, 11) is 7.75. The number of aryl methyl sites for hydroxylation is 1. The molecule has 3 aromatic heterocycles. The SMILES string of the molecule is C=CC(=O)Nc1cc(Nc2nccc(-c3cn(C)c4cc(F)c(F)cc34)n2)c(OC(C)C)nc1N(C)CCCCN(C)C. The number of benzene rings is 1. The van der Waals surface area contributed by atoms with Crippen molar-refractivity contribution in [1.29, 1.82) is 0 Å². The minimum Gasteiger partial charge on any atom is -0.473 e. The van der Waals surface area contributed by atoms with E-state index < -0.39 is 11.6 Å². The van der Waals surface area contributed by atoms with E-state index in [0.717, 1.165) is 31.5 Å². The van der Waals surface area contributed by atoms with Crippen LogP contribution in [0.5, 0.6) is 5.88 Å². The summed E-state index contributed by atoms with van der Waals surface area (Å²) in [5.41, 5.74) is 2.54. The third-order valence-electron chi connectivity index (χ3n) is 6.68. The molecule has 1 amide bonds. The van der Waals surface area contributed by atoms with Gasteiger partial charge < -0.3 is 29.7 Å². The molecule has 10 nitrogen and oxygen atoms in total. The molecule has 4 aromatic rings. The number of pyridine rings is 1. The fraction of sp³-hybridized carbons (Fsp3) is 0.355. The van der Waals surface area contributed by atoms with Gasteiger partial charge in [0.1, 0.15) is 5.69 Å². The Hall–Kier alpha value is -4.58. The van der Waals surface area contributed by atoms with Crippen LogP contribution in [0.3, 0.4) is 0 Å². The number of unbranched alkanes of at least 4 members (excludes halogenated alkanes) is 1. The number of aromatic nitrogens is 4. The predicted molar refractivity (Wildman–Crippen MR) is 167 cm³/mol. The van der Waals surface area contributed by atoms with Gasteiger partial charge in [0.05, 0.1) is 23.0 Å². The molecule has 0 aliphatic rings. The van der Waals surface area contributed by atoms with Crippen LogP contribution >= 0.6 is 0 Å². The maximum absolute atomic E-state index is 14.1. The van der Waals surface area contributed by atoms with Crippen LogP contribution in [-0.2, 0) is 11.8 Å². The third-order valence-corrected chi connectivity index (χ3v) is 6.68. The first-order chi connectivity index (χ1) is 20.5.